The van der Waals surface area contributed by atoms with E-state index in [1.165, 1.54) is 0 Å². The van der Waals surface area contributed by atoms with Crippen molar-refractivity contribution in [2.45, 2.75) is 25.0 Å². The lowest BCUT2D eigenvalue weighted by Gasteiger charge is -2.46. The van der Waals surface area contributed by atoms with Gasteiger partial charge in [0.1, 0.15) is 11.7 Å². The Kier molecular flexibility index (Phi) is 3.20. The van der Waals surface area contributed by atoms with E-state index >= 15 is 0 Å². The van der Waals surface area contributed by atoms with Crippen LogP contribution in [0.5, 0.6) is 5.75 Å². The van der Waals surface area contributed by atoms with Gasteiger partial charge in [-0.2, -0.15) is 0 Å². The lowest BCUT2D eigenvalue weighted by atomic mass is 9.74. The predicted octanol–water partition coefficient (Wildman–Crippen LogP) is 1.32. The lowest BCUT2D eigenvalue weighted by Crippen LogP contribution is -2.62. The van der Waals surface area contributed by atoms with E-state index in [0.29, 0.717) is 13.0 Å². The summed E-state index contributed by atoms with van der Waals surface area (Å²) in [6.07, 6.45) is 2.18. The molecule has 110 valence electrons. The van der Waals surface area contributed by atoms with Gasteiger partial charge in [0.2, 0.25) is 11.8 Å². The van der Waals surface area contributed by atoms with Gasteiger partial charge >= 0.3 is 0 Å². The molecule has 3 atom stereocenters. The number of benzene rings is 1. The molecule has 1 fully saturated rings. The van der Waals surface area contributed by atoms with Gasteiger partial charge in [-0.05, 0) is 18.6 Å². The largest absolute Gasteiger partial charge is 0.468 e. The Morgan fingerprint density at radius 1 is 1.57 bits per heavy atom. The van der Waals surface area contributed by atoms with E-state index in [9.17, 15) is 9.59 Å². The third-order valence-electron chi connectivity index (χ3n) is 4.04. The lowest BCUT2D eigenvalue weighted by molar-refractivity contribution is -0.147. The molecule has 0 aliphatic carbocycles. The molecule has 2 N–H and O–H groups in total. The Morgan fingerprint density at radius 2 is 2.33 bits per heavy atom. The molecule has 1 saturated heterocycles. The molecule has 0 aromatic heterocycles. The first-order chi connectivity index (χ1) is 10.0. The molecule has 0 unspecified atom stereocenters. The molecule has 5 nitrogen and oxygen atoms in total. The number of hydrogen-bond acceptors (Lipinski definition) is 3. The first kappa shape index (κ1) is 13.7. The fourth-order valence-corrected chi connectivity index (χ4v) is 3.17. The summed E-state index contributed by atoms with van der Waals surface area (Å²) in [5.74, 6) is -0.722. The Bertz CT molecular complexity index is 613. The number of para-hydroxylation sites is 1. The van der Waals surface area contributed by atoms with Crippen molar-refractivity contribution in [3.8, 4) is 5.75 Å². The van der Waals surface area contributed by atoms with Crippen LogP contribution in [0.2, 0.25) is 0 Å². The van der Waals surface area contributed by atoms with Crippen molar-refractivity contribution in [2.24, 2.45) is 5.92 Å². The average molecular weight is 286 g/mol. The van der Waals surface area contributed by atoms with Gasteiger partial charge in [-0.1, -0.05) is 24.3 Å². The van der Waals surface area contributed by atoms with Gasteiger partial charge in [-0.15, -0.1) is 6.58 Å². The average Bonchev–Trinajstić information content (AvgIpc) is 2.43. The molecule has 1 aromatic carbocycles. The highest BCUT2D eigenvalue weighted by atomic mass is 16.5. The number of nitrogens with one attached hydrogen (secondary N) is 2. The maximum Gasteiger partial charge on any atom is 0.236 e. The van der Waals surface area contributed by atoms with Crippen LogP contribution in [0.25, 0.3) is 0 Å². The normalized spacial score (nSPS) is 29.7. The monoisotopic (exact) mass is 286 g/mol. The summed E-state index contributed by atoms with van der Waals surface area (Å²) < 4.78 is 5.89. The Labute approximate surface area is 123 Å². The predicted molar refractivity (Wildman–Crippen MR) is 77.7 cm³/mol. The zero-order valence-corrected chi connectivity index (χ0v) is 11.9. The molecular formula is C16H18N2O3. The van der Waals surface area contributed by atoms with Crippen molar-refractivity contribution < 1.29 is 14.3 Å². The van der Waals surface area contributed by atoms with E-state index < -0.39 is 11.6 Å². The van der Waals surface area contributed by atoms with Crippen molar-refractivity contribution in [3.05, 3.63) is 42.5 Å². The Morgan fingerprint density at radius 3 is 3.10 bits per heavy atom. The van der Waals surface area contributed by atoms with Crippen LogP contribution in [0.1, 0.15) is 24.8 Å². The quantitative estimate of drug-likeness (QED) is 0.650. The topological polar surface area (TPSA) is 67.4 Å². The van der Waals surface area contributed by atoms with Crippen LogP contribution >= 0.6 is 0 Å². The fourth-order valence-electron chi connectivity index (χ4n) is 3.17. The molecule has 21 heavy (non-hydrogen) atoms. The first-order valence-corrected chi connectivity index (χ1v) is 7.03. The molecule has 3 rings (SSSR count). The molecule has 5 heteroatoms. The minimum Gasteiger partial charge on any atom is -0.468 e. The molecule has 0 saturated carbocycles. The minimum absolute atomic E-state index is 0.168. The van der Waals surface area contributed by atoms with Crippen molar-refractivity contribution >= 4 is 11.8 Å². The Balaban J connectivity index is 1.98. The highest BCUT2D eigenvalue weighted by Crippen LogP contribution is 2.46. The first-order valence-electron chi connectivity index (χ1n) is 7.03. The number of amides is 2. The van der Waals surface area contributed by atoms with Crippen LogP contribution in [0.3, 0.4) is 0 Å². The van der Waals surface area contributed by atoms with Crippen LogP contribution in [0.4, 0.5) is 0 Å². The maximum absolute atomic E-state index is 12.3. The minimum atomic E-state index is -0.745. The van der Waals surface area contributed by atoms with Gasteiger partial charge in [0.25, 0.3) is 0 Å². The van der Waals surface area contributed by atoms with Gasteiger partial charge in [0, 0.05) is 18.9 Å². The summed E-state index contributed by atoms with van der Waals surface area (Å²) in [5, 5.41) is 5.54. The molecular weight excluding hydrogens is 268 g/mol. The van der Waals surface area contributed by atoms with Crippen molar-refractivity contribution in [2.75, 3.05) is 6.54 Å². The van der Waals surface area contributed by atoms with Crippen LogP contribution < -0.4 is 15.4 Å². The van der Waals surface area contributed by atoms with Gasteiger partial charge in [-0.3, -0.25) is 9.59 Å². The van der Waals surface area contributed by atoms with Crippen molar-refractivity contribution in [1.29, 1.82) is 0 Å². The smallest absolute Gasteiger partial charge is 0.236 e. The van der Waals surface area contributed by atoms with E-state index in [1.807, 2.05) is 31.2 Å². The number of carbonyl (C=O) groups is 2. The second-order valence-electron chi connectivity index (χ2n) is 5.68. The summed E-state index contributed by atoms with van der Waals surface area (Å²) in [6.45, 7) is 5.76. The second-order valence-corrected chi connectivity index (χ2v) is 5.68. The fraction of sp³-hybridized carbons (Fsp3) is 0.375. The van der Waals surface area contributed by atoms with Gasteiger partial charge in [-0.25, -0.2) is 0 Å². The van der Waals surface area contributed by atoms with Crippen LogP contribution in [-0.2, 0) is 9.59 Å². The standard InChI is InChI=1S/C16H18N2O3/c1-3-8-17-14(19)13-11-9-16(2,18-15(13)20)21-12-7-5-4-6-10(11)12/h3-7,11,13H,1,8-9H2,2H3,(H,17,19)(H,18,20)/t11-,13-,16+/m0/s1. The number of hydrogen-bond donors (Lipinski definition) is 2. The number of piperidine rings is 1. The summed E-state index contributed by atoms with van der Waals surface area (Å²) in [7, 11) is 0. The van der Waals surface area contributed by atoms with Crippen molar-refractivity contribution in [1.82, 2.24) is 10.6 Å². The van der Waals surface area contributed by atoms with Gasteiger partial charge in [0.05, 0.1) is 0 Å². The second kappa shape index (κ2) is 4.91. The van der Waals surface area contributed by atoms with Crippen LogP contribution in [0, 0.1) is 5.92 Å². The maximum atomic E-state index is 12.3. The summed E-state index contributed by atoms with van der Waals surface area (Å²) in [5.41, 5.74) is 0.175. The zero-order valence-electron chi connectivity index (χ0n) is 11.9. The molecule has 2 bridgehead atoms. The van der Waals surface area contributed by atoms with Gasteiger partial charge in [0.15, 0.2) is 5.72 Å². The number of fused-ring (bicyclic) bond motifs is 4. The molecule has 2 aliphatic heterocycles. The van der Waals surface area contributed by atoms with E-state index in [4.69, 9.17) is 4.74 Å². The molecule has 2 amide bonds. The SMILES string of the molecule is C=CCNC(=O)[C@H]1C(=O)N[C@@]2(C)C[C@H]1c1ccccc1O2. The number of rotatable bonds is 3. The zero-order chi connectivity index (χ0) is 15.0. The molecule has 1 aromatic rings. The summed E-state index contributed by atoms with van der Waals surface area (Å²) in [6, 6.07) is 7.58. The molecule has 0 radical (unpaired) electrons. The van der Waals surface area contributed by atoms with Crippen LogP contribution in [0.15, 0.2) is 36.9 Å². The van der Waals surface area contributed by atoms with E-state index in [-0.39, 0.29) is 17.7 Å². The summed E-state index contributed by atoms with van der Waals surface area (Å²) in [4.78, 5) is 24.7. The highest BCUT2D eigenvalue weighted by molar-refractivity contribution is 6.02. The summed E-state index contributed by atoms with van der Waals surface area (Å²) >= 11 is 0. The number of carbonyl (C=O) groups excluding carboxylic acids is 2. The van der Waals surface area contributed by atoms with Gasteiger partial charge < -0.3 is 15.4 Å². The molecule has 2 heterocycles. The third kappa shape index (κ3) is 2.28. The number of ether oxygens (including phenoxy) is 1. The highest BCUT2D eigenvalue weighted by Gasteiger charge is 2.51. The third-order valence-corrected chi connectivity index (χ3v) is 4.04. The van der Waals surface area contributed by atoms with E-state index in [2.05, 4.69) is 17.2 Å². The van der Waals surface area contributed by atoms with Crippen LogP contribution in [-0.4, -0.2) is 24.1 Å². The van der Waals surface area contributed by atoms with Crippen molar-refractivity contribution in [3.63, 3.8) is 0 Å². The van der Waals surface area contributed by atoms with E-state index in [1.54, 1.807) is 6.08 Å². The van der Waals surface area contributed by atoms with E-state index in [0.717, 1.165) is 11.3 Å². The molecule has 0 spiro atoms. The molecule has 2 aliphatic rings. The Hall–Kier alpha value is -2.30.